The van der Waals surface area contributed by atoms with Crippen LogP contribution in [-0.2, 0) is 4.79 Å². The number of benzene rings is 1. The second-order valence-corrected chi connectivity index (χ2v) is 8.44. The summed E-state index contributed by atoms with van der Waals surface area (Å²) in [6, 6.07) is 9.07. The van der Waals surface area contributed by atoms with E-state index in [2.05, 4.69) is 16.7 Å². The van der Waals surface area contributed by atoms with Gasteiger partial charge in [-0.15, -0.1) is 0 Å². The highest BCUT2D eigenvalue weighted by Crippen LogP contribution is 2.54. The lowest BCUT2D eigenvalue weighted by Crippen LogP contribution is -2.73. The van der Waals surface area contributed by atoms with E-state index in [1.165, 1.54) is 0 Å². The normalized spacial score (nSPS) is 33.5. The molecule has 2 fully saturated rings. The summed E-state index contributed by atoms with van der Waals surface area (Å²) >= 11 is 7.79. The number of thioether (sulfide) groups is 1. The molecule has 2 saturated heterocycles. The van der Waals surface area contributed by atoms with Gasteiger partial charge in [0, 0.05) is 22.6 Å². The van der Waals surface area contributed by atoms with Crippen molar-refractivity contribution in [1.29, 1.82) is 5.26 Å². The number of nitrogens with one attached hydrogen (secondary N) is 2. The highest BCUT2D eigenvalue weighted by Gasteiger charge is 2.61. The number of amides is 3. The molecule has 4 atom stereocenters. The molecule has 8 heteroatoms. The smallest absolute Gasteiger partial charge is 0.321 e. The largest absolute Gasteiger partial charge is 0.400 e. The van der Waals surface area contributed by atoms with Gasteiger partial charge >= 0.3 is 6.03 Å². The van der Waals surface area contributed by atoms with E-state index >= 15 is 0 Å². The van der Waals surface area contributed by atoms with Crippen LogP contribution in [0.15, 0.2) is 35.5 Å². The van der Waals surface area contributed by atoms with Crippen molar-refractivity contribution in [2.75, 3.05) is 11.5 Å². The lowest BCUT2D eigenvalue weighted by Gasteiger charge is -2.56. The van der Waals surface area contributed by atoms with E-state index in [0.29, 0.717) is 17.0 Å². The van der Waals surface area contributed by atoms with E-state index in [1.807, 2.05) is 12.1 Å². The summed E-state index contributed by atoms with van der Waals surface area (Å²) < 4.78 is 0. The molecule has 0 saturated carbocycles. The van der Waals surface area contributed by atoms with Crippen molar-refractivity contribution in [3.63, 3.8) is 0 Å². The van der Waals surface area contributed by atoms with Crippen molar-refractivity contribution in [3.8, 4) is 6.07 Å². The first-order valence-corrected chi connectivity index (χ1v) is 9.87. The van der Waals surface area contributed by atoms with Crippen molar-refractivity contribution >= 4 is 35.3 Å². The fourth-order valence-corrected chi connectivity index (χ4v) is 6.10. The van der Waals surface area contributed by atoms with Gasteiger partial charge in [-0.3, -0.25) is 10.1 Å². The summed E-state index contributed by atoms with van der Waals surface area (Å²) in [5.74, 6) is 0.0189. The summed E-state index contributed by atoms with van der Waals surface area (Å²) in [6.07, 6.45) is 0.635. The van der Waals surface area contributed by atoms with E-state index in [-0.39, 0.29) is 17.5 Å². The van der Waals surface area contributed by atoms with E-state index in [9.17, 15) is 14.9 Å². The van der Waals surface area contributed by atoms with Crippen LogP contribution in [0.2, 0.25) is 5.02 Å². The molecule has 1 spiro atoms. The van der Waals surface area contributed by atoms with Crippen molar-refractivity contribution in [2.24, 2.45) is 17.6 Å². The number of hydrogen-bond acceptors (Lipinski definition) is 5. The van der Waals surface area contributed by atoms with Gasteiger partial charge in [0.05, 0.1) is 17.2 Å². The molecule has 3 amide bonds. The molecule has 0 aromatic heterocycles. The number of nitrogens with two attached hydrogens (primary N) is 1. The molecule has 1 aromatic carbocycles. The minimum atomic E-state index is -0.764. The molecule has 3 aliphatic rings. The van der Waals surface area contributed by atoms with Crippen molar-refractivity contribution in [1.82, 2.24) is 10.6 Å². The first kappa shape index (κ1) is 17.3. The number of carbonyl (C=O) groups excluding carboxylic acids is 2. The van der Waals surface area contributed by atoms with Crippen LogP contribution in [0.4, 0.5) is 4.79 Å². The van der Waals surface area contributed by atoms with Crippen LogP contribution in [0.5, 0.6) is 0 Å². The van der Waals surface area contributed by atoms with Crippen LogP contribution in [0.25, 0.3) is 0 Å². The number of nitrogens with zero attached hydrogens (tertiary/aromatic N) is 1. The number of hydrogen-bond donors (Lipinski definition) is 3. The van der Waals surface area contributed by atoms with Crippen LogP contribution in [0.3, 0.4) is 0 Å². The van der Waals surface area contributed by atoms with Gasteiger partial charge in [0.25, 0.3) is 0 Å². The lowest BCUT2D eigenvalue weighted by atomic mass is 9.58. The van der Waals surface area contributed by atoms with E-state index in [0.717, 1.165) is 17.1 Å². The van der Waals surface area contributed by atoms with Gasteiger partial charge in [-0.1, -0.05) is 23.7 Å². The maximum atomic E-state index is 12.6. The molecular weight excluding hydrogens is 372 g/mol. The van der Waals surface area contributed by atoms with Gasteiger partial charge in [-0.2, -0.15) is 17.0 Å². The van der Waals surface area contributed by atoms with Crippen molar-refractivity contribution in [3.05, 3.63) is 46.1 Å². The number of nitriles is 1. The van der Waals surface area contributed by atoms with Crippen LogP contribution in [-0.4, -0.2) is 29.0 Å². The topological polar surface area (TPSA) is 108 Å². The minimum Gasteiger partial charge on any atom is -0.400 e. The van der Waals surface area contributed by atoms with Crippen LogP contribution < -0.4 is 16.4 Å². The fourth-order valence-electron chi connectivity index (χ4n) is 4.58. The highest BCUT2D eigenvalue weighted by molar-refractivity contribution is 7.99. The Morgan fingerprint density at radius 3 is 2.73 bits per heavy atom. The molecule has 1 aliphatic carbocycles. The zero-order valence-corrected chi connectivity index (χ0v) is 15.4. The predicted octanol–water partition coefficient (Wildman–Crippen LogP) is 2.12. The summed E-state index contributed by atoms with van der Waals surface area (Å²) in [5.41, 5.74) is 7.17. The first-order chi connectivity index (χ1) is 12.5. The Hall–Kier alpha value is -2.17. The van der Waals surface area contributed by atoms with Gasteiger partial charge in [0.1, 0.15) is 5.92 Å². The third-order valence-electron chi connectivity index (χ3n) is 5.66. The third-order valence-corrected chi connectivity index (χ3v) is 7.00. The Kier molecular flexibility index (Phi) is 4.13. The van der Waals surface area contributed by atoms with Gasteiger partial charge < -0.3 is 11.1 Å². The van der Waals surface area contributed by atoms with Crippen molar-refractivity contribution < 1.29 is 9.59 Å². The Bertz CT molecular complexity index is 863. The monoisotopic (exact) mass is 388 g/mol. The minimum absolute atomic E-state index is 0.107. The second-order valence-electron chi connectivity index (χ2n) is 6.86. The molecule has 0 bridgehead atoms. The van der Waals surface area contributed by atoms with Gasteiger partial charge in [-0.05, 0) is 35.6 Å². The van der Waals surface area contributed by atoms with E-state index in [1.54, 1.807) is 23.9 Å². The second kappa shape index (κ2) is 6.22. The lowest BCUT2D eigenvalue weighted by molar-refractivity contribution is -0.128. The molecule has 6 nitrogen and oxygen atoms in total. The first-order valence-electron chi connectivity index (χ1n) is 8.34. The number of imide groups is 1. The molecular formula is C18H17ClN4O2S. The third kappa shape index (κ3) is 2.40. The molecule has 134 valence electrons. The van der Waals surface area contributed by atoms with Crippen LogP contribution >= 0.6 is 23.4 Å². The average molecular weight is 389 g/mol. The standard InChI is InChI=1S/C18H17ClN4O2S/c19-10-3-1-9(2-4-10)13-11(7-20)15(21)14-16(24)22-17(25)23-18(14)5-6-26-8-12(13)18/h1-4,12-14H,5-6,8,21H2,(H2,22,23,24,25)/t12-,13+,14-,18-/m0/s1. The van der Waals surface area contributed by atoms with E-state index in [4.69, 9.17) is 17.3 Å². The summed E-state index contributed by atoms with van der Waals surface area (Å²) in [6.45, 7) is 0. The SMILES string of the molecule is N#CC1=C(N)[C@H]2C(=O)NC(=O)N[C@]23CCSC[C@H]3[C@@H]1c1ccc(Cl)cc1. The summed E-state index contributed by atoms with van der Waals surface area (Å²) in [4.78, 5) is 24.8. The van der Waals surface area contributed by atoms with Gasteiger partial charge in [0.15, 0.2) is 0 Å². The predicted molar refractivity (Wildman–Crippen MR) is 99.3 cm³/mol. The maximum Gasteiger partial charge on any atom is 0.321 e. The van der Waals surface area contributed by atoms with Crippen molar-refractivity contribution in [2.45, 2.75) is 17.9 Å². The zero-order valence-electron chi connectivity index (χ0n) is 13.8. The van der Waals surface area contributed by atoms with Gasteiger partial charge in [-0.25, -0.2) is 4.79 Å². The van der Waals surface area contributed by atoms with Crippen LogP contribution in [0.1, 0.15) is 17.9 Å². The molecule has 4 rings (SSSR count). The Morgan fingerprint density at radius 2 is 2.04 bits per heavy atom. The summed E-state index contributed by atoms with van der Waals surface area (Å²) in [5, 5.41) is 15.8. The molecule has 4 N–H and O–H groups in total. The Labute approximate surface area is 160 Å². The number of allylic oxidation sites excluding steroid dienone is 1. The molecule has 2 aliphatic heterocycles. The maximum absolute atomic E-state index is 12.6. The Morgan fingerprint density at radius 1 is 1.31 bits per heavy atom. The molecule has 2 heterocycles. The molecule has 0 radical (unpaired) electrons. The molecule has 26 heavy (non-hydrogen) atoms. The highest BCUT2D eigenvalue weighted by atomic mass is 35.5. The summed E-state index contributed by atoms with van der Waals surface area (Å²) in [7, 11) is 0. The van der Waals surface area contributed by atoms with Crippen LogP contribution in [0, 0.1) is 23.2 Å². The zero-order chi connectivity index (χ0) is 18.5. The quantitative estimate of drug-likeness (QED) is 0.682. The van der Waals surface area contributed by atoms with E-state index < -0.39 is 23.4 Å². The Balaban J connectivity index is 1.94. The molecule has 1 aromatic rings. The molecule has 0 unspecified atom stereocenters. The fraction of sp³-hybridized carbons (Fsp3) is 0.389. The number of halogens is 1. The van der Waals surface area contributed by atoms with Gasteiger partial charge in [0.2, 0.25) is 5.91 Å². The number of urea groups is 1. The number of rotatable bonds is 1. The number of carbonyl (C=O) groups is 2. The average Bonchev–Trinajstić information content (AvgIpc) is 2.60.